The third kappa shape index (κ3) is 8.74. The number of halogens is 2. The van der Waals surface area contributed by atoms with Crippen LogP contribution in [0.15, 0.2) is 113 Å². The molecule has 0 saturated heterocycles. The number of nitrogens with one attached hydrogen (secondary N) is 3. The Labute approximate surface area is 346 Å². The number of H-pyrrole nitrogens is 1. The van der Waals surface area contributed by atoms with Crippen molar-refractivity contribution in [1.29, 1.82) is 0 Å². The second kappa shape index (κ2) is 15.8. The zero-order chi connectivity index (χ0) is 43.2. The molecule has 4 aromatic carbocycles. The number of rotatable bonds is 12. The predicted octanol–water partition coefficient (Wildman–Crippen LogP) is 7.66. The van der Waals surface area contributed by atoms with Crippen molar-refractivity contribution in [3.05, 3.63) is 121 Å². The molecule has 0 fully saturated rings. The number of nitrogens with two attached hydrogens (primary N) is 1. The van der Waals surface area contributed by atoms with E-state index in [4.69, 9.17) is 10.5 Å². The Morgan fingerprint density at radius 3 is 2.10 bits per heavy atom. The first kappa shape index (κ1) is 42.0. The lowest BCUT2D eigenvalue weighted by Crippen LogP contribution is -2.45. The number of nitrogen functional groups attached to an aromatic ring is 1. The number of ether oxygens (including phenoxy) is 1. The van der Waals surface area contributed by atoms with Gasteiger partial charge in [-0.15, -0.1) is 0 Å². The molecule has 0 bridgehead atoms. The van der Waals surface area contributed by atoms with E-state index in [1.54, 1.807) is 89.2 Å². The van der Waals surface area contributed by atoms with E-state index in [1.165, 1.54) is 56.2 Å². The molecule has 0 atom stereocenters. The number of aromatic amines is 1. The van der Waals surface area contributed by atoms with Gasteiger partial charge in [-0.1, -0.05) is 48.5 Å². The van der Waals surface area contributed by atoms with Crippen LogP contribution < -0.4 is 19.9 Å². The van der Waals surface area contributed by atoms with Crippen molar-refractivity contribution < 1.29 is 30.4 Å². The van der Waals surface area contributed by atoms with Crippen LogP contribution in [0.25, 0.3) is 55.8 Å². The second-order valence-electron chi connectivity index (χ2n) is 15.8. The average Bonchev–Trinajstić information content (AvgIpc) is 3.65. The molecule has 0 aliphatic carbocycles. The van der Waals surface area contributed by atoms with E-state index in [0.717, 1.165) is 0 Å². The number of pyridine rings is 1. The van der Waals surface area contributed by atoms with Gasteiger partial charge in [-0.3, -0.25) is 0 Å². The molecular weight excluding hydrogens is 811 g/mol. The van der Waals surface area contributed by atoms with Gasteiger partial charge in [0.1, 0.15) is 17.2 Å². The van der Waals surface area contributed by atoms with Crippen LogP contribution >= 0.6 is 0 Å². The number of aromatic nitrogens is 5. The molecule has 7 rings (SSSR count). The van der Waals surface area contributed by atoms with E-state index < -0.39 is 42.8 Å². The number of methoxy groups -OCH3 is 1. The topological polar surface area (TPSA) is 195 Å². The molecule has 0 amide bonds. The molecule has 7 aromatic rings. The minimum absolute atomic E-state index is 0.0117. The van der Waals surface area contributed by atoms with Crippen molar-refractivity contribution in [2.24, 2.45) is 0 Å². The predicted molar refractivity (Wildman–Crippen MR) is 227 cm³/mol. The monoisotopic (exact) mass is 852 g/mol. The van der Waals surface area contributed by atoms with Crippen LogP contribution in [-0.4, -0.2) is 59.9 Å². The Kier molecular flexibility index (Phi) is 11.1. The Hall–Kier alpha value is -6.14. The van der Waals surface area contributed by atoms with Gasteiger partial charge in [-0.2, -0.15) is 0 Å². The molecule has 13 nitrogen and oxygen atoms in total. The van der Waals surface area contributed by atoms with Crippen LogP contribution in [0.3, 0.4) is 0 Å². The lowest BCUT2D eigenvalue weighted by atomic mass is 9.89. The zero-order valence-corrected chi connectivity index (χ0v) is 35.1. The highest BCUT2D eigenvalue weighted by molar-refractivity contribution is 7.90. The summed E-state index contributed by atoms with van der Waals surface area (Å²) in [6.07, 6.45) is 4.29. The summed E-state index contributed by atoms with van der Waals surface area (Å²) >= 11 is 0. The standard InChI is InChI=1S/C43H42F2N8O5S2/c1-42(2,3)52-60(56,57)37-13-9-10-27(38(37)26-15-17-31(33(45)19-26)35-23-47-39(46)41(51-35)58-6)21-43(4,5)53-59(54,55)36-12-8-7-11-30(36)25-14-16-29(32(44)18-25)28-20-34-40(48-22-28)50-24-49-34/h7-20,22-24,52-53H,21H2,1-6H3,(H2,46,47)(H,48,49,50). The molecule has 310 valence electrons. The highest BCUT2D eigenvalue weighted by Gasteiger charge is 2.32. The summed E-state index contributed by atoms with van der Waals surface area (Å²) in [5.74, 6) is -1.28. The van der Waals surface area contributed by atoms with Gasteiger partial charge in [-0.05, 0) is 94.1 Å². The first-order valence-corrected chi connectivity index (χ1v) is 21.6. The Morgan fingerprint density at radius 1 is 0.717 bits per heavy atom. The van der Waals surface area contributed by atoms with Crippen LogP contribution in [0.1, 0.15) is 40.2 Å². The van der Waals surface area contributed by atoms with E-state index >= 15 is 8.78 Å². The number of nitrogens with zero attached hydrogens (tertiary/aromatic N) is 4. The third-order valence-electron chi connectivity index (χ3n) is 9.42. The SMILES string of the molecule is COc1nc(-c2ccc(-c3c(CC(C)(C)NS(=O)(=O)c4ccccc4-c4ccc(-c5cnc6[nH]cnc6c5)c(F)c4)cccc3S(=O)(=O)NC(C)(C)C)cc2F)cnc1N. The van der Waals surface area contributed by atoms with Gasteiger partial charge in [0.15, 0.2) is 11.5 Å². The van der Waals surface area contributed by atoms with Gasteiger partial charge < -0.3 is 15.5 Å². The first-order valence-electron chi connectivity index (χ1n) is 18.6. The van der Waals surface area contributed by atoms with Gasteiger partial charge in [-0.25, -0.2) is 55.0 Å². The number of benzene rings is 4. The van der Waals surface area contributed by atoms with Crippen LogP contribution in [0.2, 0.25) is 0 Å². The Bertz CT molecular complexity index is 3010. The Balaban J connectivity index is 1.24. The fourth-order valence-electron chi connectivity index (χ4n) is 7.03. The number of hydrogen-bond donors (Lipinski definition) is 4. The normalized spacial score (nSPS) is 12.5. The maximum atomic E-state index is 16.1. The molecule has 3 heterocycles. The number of sulfonamides is 2. The minimum Gasteiger partial charge on any atom is -0.478 e. The minimum atomic E-state index is -4.32. The molecule has 5 N–H and O–H groups in total. The fraction of sp³-hybridized carbons (Fsp3) is 0.209. The van der Waals surface area contributed by atoms with Crippen LogP contribution in [-0.2, 0) is 26.5 Å². The summed E-state index contributed by atoms with van der Waals surface area (Å²) in [6.45, 7) is 8.40. The van der Waals surface area contributed by atoms with E-state index in [2.05, 4.69) is 34.4 Å². The summed E-state index contributed by atoms with van der Waals surface area (Å²) in [4.78, 5) is 19.5. The zero-order valence-electron chi connectivity index (χ0n) is 33.5. The molecule has 17 heteroatoms. The van der Waals surface area contributed by atoms with Crippen molar-refractivity contribution in [3.8, 4) is 50.5 Å². The molecule has 0 radical (unpaired) electrons. The van der Waals surface area contributed by atoms with Crippen LogP contribution in [0.5, 0.6) is 5.88 Å². The largest absolute Gasteiger partial charge is 0.478 e. The lowest BCUT2D eigenvalue weighted by molar-refractivity contribution is 0.399. The maximum absolute atomic E-state index is 16.1. The van der Waals surface area contributed by atoms with Gasteiger partial charge in [0, 0.05) is 45.1 Å². The number of fused-ring (bicyclic) bond motifs is 1. The lowest BCUT2D eigenvalue weighted by Gasteiger charge is -2.29. The summed E-state index contributed by atoms with van der Waals surface area (Å²) in [6, 6.07) is 21.3. The molecule has 0 spiro atoms. The molecule has 0 aliphatic heterocycles. The van der Waals surface area contributed by atoms with E-state index in [1.807, 2.05) is 0 Å². The third-order valence-corrected chi connectivity index (χ3v) is 13.0. The molecular formula is C43H42F2N8O5S2. The second-order valence-corrected chi connectivity index (χ2v) is 19.1. The van der Waals surface area contributed by atoms with Crippen molar-refractivity contribution in [2.45, 2.75) is 61.9 Å². The maximum Gasteiger partial charge on any atom is 0.257 e. The van der Waals surface area contributed by atoms with Crippen molar-refractivity contribution in [1.82, 2.24) is 34.4 Å². The van der Waals surface area contributed by atoms with Crippen molar-refractivity contribution in [3.63, 3.8) is 0 Å². The average molecular weight is 853 g/mol. The van der Waals surface area contributed by atoms with Crippen molar-refractivity contribution in [2.75, 3.05) is 12.8 Å². The Morgan fingerprint density at radius 2 is 1.38 bits per heavy atom. The van der Waals surface area contributed by atoms with Crippen molar-refractivity contribution >= 4 is 37.0 Å². The molecule has 3 aromatic heterocycles. The molecule has 0 unspecified atom stereocenters. The summed E-state index contributed by atoms with van der Waals surface area (Å²) in [5.41, 5.74) is 7.16. The van der Waals surface area contributed by atoms with Crippen LogP contribution in [0, 0.1) is 11.6 Å². The molecule has 0 saturated carbocycles. The fourth-order valence-corrected chi connectivity index (χ4v) is 10.4. The molecule has 0 aliphatic rings. The van der Waals surface area contributed by atoms with E-state index in [9.17, 15) is 16.8 Å². The molecule has 60 heavy (non-hydrogen) atoms. The summed E-state index contributed by atoms with van der Waals surface area (Å²) < 4.78 is 99.1. The quantitative estimate of drug-likeness (QED) is 0.0948. The first-order chi connectivity index (χ1) is 28.2. The highest BCUT2D eigenvalue weighted by atomic mass is 32.2. The number of hydrogen-bond acceptors (Lipinski definition) is 10. The van der Waals surface area contributed by atoms with Gasteiger partial charge in [0.2, 0.25) is 20.0 Å². The highest BCUT2D eigenvalue weighted by Crippen LogP contribution is 2.38. The number of imidazole rings is 1. The summed E-state index contributed by atoms with van der Waals surface area (Å²) in [7, 11) is -7.17. The van der Waals surface area contributed by atoms with E-state index in [-0.39, 0.29) is 61.4 Å². The summed E-state index contributed by atoms with van der Waals surface area (Å²) in [5, 5.41) is 0. The van der Waals surface area contributed by atoms with E-state index in [0.29, 0.717) is 27.9 Å². The van der Waals surface area contributed by atoms with Crippen LogP contribution in [0.4, 0.5) is 14.6 Å². The van der Waals surface area contributed by atoms with Gasteiger partial charge in [0.25, 0.3) is 5.88 Å². The van der Waals surface area contributed by atoms with Gasteiger partial charge in [0.05, 0.1) is 35.1 Å². The smallest absolute Gasteiger partial charge is 0.257 e. The van der Waals surface area contributed by atoms with Gasteiger partial charge >= 0.3 is 0 Å². The number of anilines is 1.